The minimum absolute atomic E-state index is 0.125. The lowest BCUT2D eigenvalue weighted by atomic mass is 10.2. The summed E-state index contributed by atoms with van der Waals surface area (Å²) in [5.74, 6) is 0. The predicted molar refractivity (Wildman–Crippen MR) is 144 cm³/mol. The van der Waals surface area contributed by atoms with E-state index in [0.717, 1.165) is 10.4 Å². The Bertz CT molecular complexity index is 1100. The van der Waals surface area contributed by atoms with Crippen LogP contribution in [0, 0.1) is 0 Å². The summed E-state index contributed by atoms with van der Waals surface area (Å²) < 4.78 is 40.3. The highest BCUT2D eigenvalue weighted by Gasteiger charge is 2.64. The van der Waals surface area contributed by atoms with Crippen molar-refractivity contribution in [1.82, 2.24) is 4.72 Å². The Balaban J connectivity index is 2.11. The number of ether oxygens (including phenoxy) is 1. The second kappa shape index (κ2) is 10.3. The second-order valence-corrected chi connectivity index (χ2v) is 17.7. The highest BCUT2D eigenvalue weighted by atomic mass is 32.2. The van der Waals surface area contributed by atoms with Crippen LogP contribution < -0.4 is 15.1 Å². The first-order valence-corrected chi connectivity index (χ1v) is 15.7. The lowest BCUT2D eigenvalue weighted by Gasteiger charge is -2.46. The van der Waals surface area contributed by atoms with Gasteiger partial charge in [0.15, 0.2) is 0 Å². The third-order valence-corrected chi connectivity index (χ3v) is 13.8. The summed E-state index contributed by atoms with van der Waals surface area (Å²) in [7, 11) is -7.26. The van der Waals surface area contributed by atoms with Crippen molar-refractivity contribution >= 4 is 34.8 Å². The summed E-state index contributed by atoms with van der Waals surface area (Å²) >= 11 is 0. The predicted octanol–water partition coefficient (Wildman–Crippen LogP) is 3.70. The first-order chi connectivity index (χ1) is 16.7. The Morgan fingerprint density at radius 2 is 1.44 bits per heavy atom. The summed E-state index contributed by atoms with van der Waals surface area (Å²) in [4.78, 5) is 12.4. The van der Waals surface area contributed by atoms with Gasteiger partial charge in [0.25, 0.3) is 8.32 Å². The second-order valence-electron chi connectivity index (χ2n) is 11.5. The van der Waals surface area contributed by atoms with Crippen molar-refractivity contribution in [2.75, 3.05) is 6.61 Å². The smallest absolute Gasteiger partial charge is 0.421 e. The van der Waals surface area contributed by atoms with Gasteiger partial charge in [-0.25, -0.2) is 17.9 Å². The van der Waals surface area contributed by atoms with Crippen molar-refractivity contribution in [3.05, 3.63) is 60.7 Å². The molecule has 0 aliphatic heterocycles. The number of hydrogen-bond donors (Lipinski definition) is 2. The molecular weight excluding hydrogens is 494 g/mol. The number of benzene rings is 2. The maximum atomic E-state index is 13.6. The molecule has 3 rings (SSSR count). The number of carbonyl (C=O) groups is 1. The number of aliphatic hydroxyl groups excluding tert-OH is 1. The number of carbonyl (C=O) groups excluding carboxylic acids is 1. The number of nitrogens with one attached hydrogen (secondary N) is 1. The molecule has 1 saturated carbocycles. The van der Waals surface area contributed by atoms with Gasteiger partial charge in [-0.2, -0.15) is 0 Å². The first kappa shape index (κ1) is 28.4. The Hall–Kier alpha value is -2.20. The third-order valence-electron chi connectivity index (χ3n) is 6.61. The normalized spacial score (nSPS) is 16.8. The summed E-state index contributed by atoms with van der Waals surface area (Å²) in [5.41, 5.74) is -0.841. The van der Waals surface area contributed by atoms with Gasteiger partial charge < -0.3 is 14.3 Å². The first-order valence-electron chi connectivity index (χ1n) is 12.3. The van der Waals surface area contributed by atoms with Crippen LogP contribution in [0.5, 0.6) is 0 Å². The van der Waals surface area contributed by atoms with E-state index in [9.17, 15) is 18.3 Å². The van der Waals surface area contributed by atoms with Crippen molar-refractivity contribution in [3.8, 4) is 0 Å². The lowest BCUT2D eigenvalue weighted by Crippen LogP contribution is -2.69. The lowest BCUT2D eigenvalue weighted by molar-refractivity contribution is 0.0567. The monoisotopic (exact) mass is 533 g/mol. The van der Waals surface area contributed by atoms with Crippen molar-refractivity contribution in [2.24, 2.45) is 0 Å². The quantitative estimate of drug-likeness (QED) is 0.477. The largest absolute Gasteiger partial charge is 0.443 e. The molecule has 1 unspecified atom stereocenters. The van der Waals surface area contributed by atoms with Gasteiger partial charge >= 0.3 is 6.09 Å². The van der Waals surface area contributed by atoms with E-state index in [2.05, 4.69) is 25.5 Å². The number of amides is 1. The average Bonchev–Trinajstić information content (AvgIpc) is 3.58. The van der Waals surface area contributed by atoms with Crippen LogP contribution in [0.25, 0.3) is 0 Å². The summed E-state index contributed by atoms with van der Waals surface area (Å²) in [5, 5.41) is 11.7. The maximum absolute atomic E-state index is 13.6. The fourth-order valence-corrected chi connectivity index (χ4v) is 11.3. The zero-order chi connectivity index (χ0) is 26.8. The Kier molecular flexibility index (Phi) is 8.10. The van der Waals surface area contributed by atoms with E-state index in [1.165, 1.54) is 0 Å². The van der Waals surface area contributed by atoms with Crippen molar-refractivity contribution < 1.29 is 27.5 Å². The molecule has 1 fully saturated rings. The van der Waals surface area contributed by atoms with E-state index in [0.29, 0.717) is 12.8 Å². The van der Waals surface area contributed by atoms with Crippen LogP contribution in [0.15, 0.2) is 60.7 Å². The van der Waals surface area contributed by atoms with Crippen LogP contribution in [0.4, 0.5) is 4.79 Å². The summed E-state index contributed by atoms with van der Waals surface area (Å²) in [6, 6.07) is 19.9. The fourth-order valence-electron chi connectivity index (χ4n) is 4.85. The highest BCUT2D eigenvalue weighted by molar-refractivity contribution is 7.91. The van der Waals surface area contributed by atoms with Crippen LogP contribution >= 0.6 is 0 Å². The molecule has 198 valence electrons. The zero-order valence-corrected chi connectivity index (χ0v) is 23.9. The van der Waals surface area contributed by atoms with Crippen molar-refractivity contribution in [1.29, 1.82) is 0 Å². The maximum Gasteiger partial charge on any atom is 0.421 e. The molecule has 1 amide bonds. The van der Waals surface area contributed by atoms with Gasteiger partial charge in [-0.1, -0.05) is 81.4 Å². The molecule has 7 nitrogen and oxygen atoms in total. The molecule has 36 heavy (non-hydrogen) atoms. The van der Waals surface area contributed by atoms with Gasteiger partial charge in [-0.15, -0.1) is 0 Å². The molecule has 0 saturated heterocycles. The van der Waals surface area contributed by atoms with E-state index in [-0.39, 0.29) is 18.1 Å². The minimum atomic E-state index is -4.16. The van der Waals surface area contributed by atoms with E-state index in [1.54, 1.807) is 20.8 Å². The van der Waals surface area contributed by atoms with Gasteiger partial charge in [0.05, 0.1) is 6.10 Å². The molecular formula is C27H39NO6SSi. The summed E-state index contributed by atoms with van der Waals surface area (Å²) in [6.07, 6.45) is -1.06. The molecule has 0 aromatic heterocycles. The molecule has 2 aromatic rings. The highest BCUT2D eigenvalue weighted by Crippen LogP contribution is 2.50. The molecule has 1 aliphatic rings. The van der Waals surface area contributed by atoms with Gasteiger partial charge in [0, 0.05) is 6.61 Å². The fraction of sp³-hybridized carbons (Fsp3) is 0.519. The molecule has 2 aromatic carbocycles. The molecule has 2 N–H and O–H groups in total. The van der Waals surface area contributed by atoms with Gasteiger partial charge in [-0.3, -0.25) is 0 Å². The molecule has 0 spiro atoms. The van der Waals surface area contributed by atoms with Crippen LogP contribution in [0.2, 0.25) is 5.04 Å². The number of rotatable bonds is 9. The molecule has 0 heterocycles. The summed E-state index contributed by atoms with van der Waals surface area (Å²) in [6.45, 7) is 11.1. The minimum Gasteiger partial charge on any atom is -0.443 e. The Morgan fingerprint density at radius 3 is 1.81 bits per heavy atom. The molecule has 0 radical (unpaired) electrons. The van der Waals surface area contributed by atoms with E-state index in [1.807, 2.05) is 60.7 Å². The Labute approximate surface area is 216 Å². The zero-order valence-electron chi connectivity index (χ0n) is 22.1. The number of aliphatic hydroxyl groups is 1. The van der Waals surface area contributed by atoms with Gasteiger partial charge in [-0.05, 0) is 55.4 Å². The molecule has 1 atom stereocenters. The van der Waals surface area contributed by atoms with Crippen LogP contribution in [-0.4, -0.2) is 51.0 Å². The van der Waals surface area contributed by atoms with E-state index in [4.69, 9.17) is 9.16 Å². The van der Waals surface area contributed by atoms with Crippen molar-refractivity contribution in [2.45, 2.75) is 82.3 Å². The third kappa shape index (κ3) is 5.69. The van der Waals surface area contributed by atoms with E-state index < -0.39 is 40.9 Å². The van der Waals surface area contributed by atoms with Crippen LogP contribution in [-0.2, 0) is 19.2 Å². The number of hydrogen-bond acceptors (Lipinski definition) is 6. The van der Waals surface area contributed by atoms with Crippen LogP contribution in [0.1, 0.15) is 60.8 Å². The van der Waals surface area contributed by atoms with E-state index >= 15 is 0 Å². The molecule has 1 aliphatic carbocycles. The molecule has 0 bridgehead atoms. The van der Waals surface area contributed by atoms with Gasteiger partial charge in [0.2, 0.25) is 10.0 Å². The van der Waals surface area contributed by atoms with Crippen molar-refractivity contribution in [3.63, 3.8) is 0 Å². The van der Waals surface area contributed by atoms with Crippen LogP contribution in [0.3, 0.4) is 0 Å². The molecule has 9 heteroatoms. The van der Waals surface area contributed by atoms with Gasteiger partial charge in [0.1, 0.15) is 10.3 Å². The number of sulfonamides is 1. The SMILES string of the molecule is CC(C)(C)OC(=O)NS(=O)(=O)C1(C(CCO)O[Si](c2ccccc2)(c2ccccc2)C(C)(C)C)CC1. The average molecular weight is 534 g/mol. The Morgan fingerprint density at radius 1 is 0.972 bits per heavy atom. The standard InChI is InChI=1S/C27H39NO6SSi/c1-25(2,3)33-24(30)28-35(31,32)27(18-19-27)23(17-20-29)34-36(26(4,5)6,21-13-9-7-10-14-21)22-15-11-8-12-16-22/h7-16,23,29H,17-20H2,1-6H3,(H,28,30). The topological polar surface area (TPSA) is 102 Å².